The van der Waals surface area contributed by atoms with E-state index in [-0.39, 0.29) is 23.5 Å². The van der Waals surface area contributed by atoms with Gasteiger partial charge in [0.15, 0.2) is 0 Å². The van der Waals surface area contributed by atoms with Crippen LogP contribution in [0.2, 0.25) is 0 Å². The van der Waals surface area contributed by atoms with Gasteiger partial charge in [0.25, 0.3) is 5.91 Å². The third-order valence-corrected chi connectivity index (χ3v) is 6.33. The van der Waals surface area contributed by atoms with Gasteiger partial charge in [-0.1, -0.05) is 64.5 Å². The SMILES string of the molecule is CC(=O)Oc1ccc2ccccc2c1C1=NN(C(C)=O)[C@H](c2cccc(NC(=O)c3cccc(Br)c3)c2)O1. The Hall–Kier alpha value is -4.50. The van der Waals surface area contributed by atoms with E-state index in [1.807, 2.05) is 36.4 Å². The van der Waals surface area contributed by atoms with Gasteiger partial charge < -0.3 is 14.8 Å². The number of halogens is 1. The second-order valence-electron chi connectivity index (χ2n) is 8.58. The summed E-state index contributed by atoms with van der Waals surface area (Å²) in [6, 6.07) is 25.1. The summed E-state index contributed by atoms with van der Waals surface area (Å²) in [4.78, 5) is 37.2. The average molecular weight is 572 g/mol. The fourth-order valence-electron chi connectivity index (χ4n) is 4.20. The normalized spacial score (nSPS) is 14.6. The average Bonchev–Trinajstić information content (AvgIpc) is 3.34. The minimum absolute atomic E-state index is 0.141. The molecule has 0 aromatic heterocycles. The van der Waals surface area contributed by atoms with Gasteiger partial charge >= 0.3 is 5.97 Å². The highest BCUT2D eigenvalue weighted by molar-refractivity contribution is 9.10. The van der Waals surface area contributed by atoms with Crippen LogP contribution in [-0.4, -0.2) is 28.7 Å². The minimum atomic E-state index is -0.894. The Labute approximate surface area is 227 Å². The summed E-state index contributed by atoms with van der Waals surface area (Å²) < 4.78 is 12.5. The lowest BCUT2D eigenvalue weighted by atomic mass is 10.0. The van der Waals surface area contributed by atoms with E-state index in [9.17, 15) is 14.4 Å². The highest BCUT2D eigenvalue weighted by Gasteiger charge is 2.35. The molecule has 8 nitrogen and oxygen atoms in total. The molecule has 5 rings (SSSR count). The van der Waals surface area contributed by atoms with E-state index < -0.39 is 12.2 Å². The maximum atomic E-state index is 12.8. The van der Waals surface area contributed by atoms with Crippen LogP contribution in [0, 0.1) is 0 Å². The predicted molar refractivity (Wildman–Crippen MR) is 147 cm³/mol. The molecule has 2 amide bonds. The molecule has 190 valence electrons. The third-order valence-electron chi connectivity index (χ3n) is 5.84. The number of nitrogens with zero attached hydrogens (tertiary/aromatic N) is 2. The Balaban J connectivity index is 1.49. The first-order valence-electron chi connectivity index (χ1n) is 11.7. The molecule has 4 aromatic rings. The van der Waals surface area contributed by atoms with Crippen molar-refractivity contribution in [1.29, 1.82) is 0 Å². The number of amides is 2. The second-order valence-corrected chi connectivity index (χ2v) is 9.50. The lowest BCUT2D eigenvalue weighted by Crippen LogP contribution is -2.25. The Morgan fingerprint density at radius 2 is 1.74 bits per heavy atom. The highest BCUT2D eigenvalue weighted by Crippen LogP contribution is 2.37. The lowest BCUT2D eigenvalue weighted by molar-refractivity contribution is -0.135. The van der Waals surface area contributed by atoms with E-state index in [0.29, 0.717) is 22.4 Å². The number of fused-ring (bicyclic) bond motifs is 1. The van der Waals surface area contributed by atoms with Gasteiger partial charge in [-0.25, -0.2) is 0 Å². The molecular weight excluding hydrogens is 550 g/mol. The Morgan fingerprint density at radius 1 is 0.947 bits per heavy atom. The molecule has 1 aliphatic rings. The van der Waals surface area contributed by atoms with E-state index in [1.165, 1.54) is 18.9 Å². The smallest absolute Gasteiger partial charge is 0.308 e. The van der Waals surface area contributed by atoms with Crippen molar-refractivity contribution in [2.45, 2.75) is 20.1 Å². The van der Waals surface area contributed by atoms with Crippen molar-refractivity contribution in [3.8, 4) is 5.75 Å². The number of anilines is 1. The van der Waals surface area contributed by atoms with Crippen LogP contribution >= 0.6 is 15.9 Å². The van der Waals surface area contributed by atoms with Crippen LogP contribution in [0.15, 0.2) is 94.5 Å². The number of carbonyl (C=O) groups excluding carboxylic acids is 3. The number of hydrogen-bond acceptors (Lipinski definition) is 6. The number of hydrogen-bond donors (Lipinski definition) is 1. The molecule has 0 radical (unpaired) electrons. The molecule has 0 bridgehead atoms. The molecule has 0 fully saturated rings. The maximum Gasteiger partial charge on any atom is 0.308 e. The van der Waals surface area contributed by atoms with Crippen molar-refractivity contribution in [2.75, 3.05) is 5.32 Å². The van der Waals surface area contributed by atoms with Gasteiger partial charge in [0.05, 0.1) is 5.56 Å². The van der Waals surface area contributed by atoms with Crippen LogP contribution in [0.3, 0.4) is 0 Å². The summed E-state index contributed by atoms with van der Waals surface area (Å²) in [5.74, 6) is -0.703. The lowest BCUT2D eigenvalue weighted by Gasteiger charge is -2.20. The number of benzene rings is 4. The van der Waals surface area contributed by atoms with E-state index in [2.05, 4.69) is 26.3 Å². The van der Waals surface area contributed by atoms with Gasteiger partial charge in [0.2, 0.25) is 18.0 Å². The third kappa shape index (κ3) is 5.14. The van der Waals surface area contributed by atoms with E-state index in [0.717, 1.165) is 15.2 Å². The molecule has 1 atom stereocenters. The van der Waals surface area contributed by atoms with Crippen LogP contribution in [0.1, 0.15) is 41.6 Å². The number of nitrogens with one attached hydrogen (secondary N) is 1. The van der Waals surface area contributed by atoms with E-state index in [4.69, 9.17) is 9.47 Å². The number of hydrazone groups is 1. The number of rotatable bonds is 5. The summed E-state index contributed by atoms with van der Waals surface area (Å²) in [6.45, 7) is 2.70. The quantitative estimate of drug-likeness (QED) is 0.233. The van der Waals surface area contributed by atoms with E-state index >= 15 is 0 Å². The first-order valence-corrected chi connectivity index (χ1v) is 12.5. The maximum absolute atomic E-state index is 12.8. The van der Waals surface area contributed by atoms with Gasteiger partial charge in [0.1, 0.15) is 5.75 Å². The Kier molecular flexibility index (Phi) is 6.93. The molecule has 1 N–H and O–H groups in total. The zero-order valence-electron chi connectivity index (χ0n) is 20.5. The molecule has 0 aliphatic carbocycles. The Morgan fingerprint density at radius 3 is 2.50 bits per heavy atom. The van der Waals surface area contributed by atoms with Crippen molar-refractivity contribution >= 4 is 56.1 Å². The number of esters is 1. The summed E-state index contributed by atoms with van der Waals surface area (Å²) in [7, 11) is 0. The zero-order chi connectivity index (χ0) is 26.8. The van der Waals surface area contributed by atoms with Crippen LogP contribution in [0.25, 0.3) is 10.8 Å². The molecule has 9 heteroatoms. The van der Waals surface area contributed by atoms with Gasteiger partial charge in [-0.15, -0.1) is 5.10 Å². The first kappa shape index (κ1) is 25.2. The monoisotopic (exact) mass is 571 g/mol. The molecule has 0 saturated heterocycles. The van der Waals surface area contributed by atoms with Crippen molar-refractivity contribution < 1.29 is 23.9 Å². The molecule has 4 aromatic carbocycles. The summed E-state index contributed by atoms with van der Waals surface area (Å²) >= 11 is 3.38. The largest absolute Gasteiger partial charge is 0.446 e. The predicted octanol–water partition coefficient (Wildman–Crippen LogP) is 6.02. The van der Waals surface area contributed by atoms with Gasteiger partial charge in [-0.3, -0.25) is 14.4 Å². The zero-order valence-corrected chi connectivity index (χ0v) is 22.1. The van der Waals surface area contributed by atoms with Crippen LogP contribution in [0.4, 0.5) is 5.69 Å². The molecule has 1 heterocycles. The molecule has 0 unspecified atom stereocenters. The van der Waals surface area contributed by atoms with Gasteiger partial charge in [0, 0.05) is 35.1 Å². The fraction of sp³-hybridized carbons (Fsp3) is 0.103. The summed E-state index contributed by atoms with van der Waals surface area (Å²) in [6.07, 6.45) is -0.894. The van der Waals surface area contributed by atoms with Crippen molar-refractivity contribution in [2.24, 2.45) is 5.10 Å². The van der Waals surface area contributed by atoms with Gasteiger partial charge in [-0.2, -0.15) is 5.01 Å². The van der Waals surface area contributed by atoms with Crippen LogP contribution in [-0.2, 0) is 14.3 Å². The fourth-order valence-corrected chi connectivity index (χ4v) is 4.60. The van der Waals surface area contributed by atoms with E-state index in [1.54, 1.807) is 48.5 Å². The van der Waals surface area contributed by atoms with Crippen molar-refractivity contribution in [1.82, 2.24) is 5.01 Å². The molecule has 1 aliphatic heterocycles. The first-order chi connectivity index (χ1) is 18.3. The molecule has 38 heavy (non-hydrogen) atoms. The van der Waals surface area contributed by atoms with Crippen LogP contribution in [0.5, 0.6) is 5.75 Å². The number of ether oxygens (including phenoxy) is 2. The second kappa shape index (κ2) is 10.5. The highest BCUT2D eigenvalue weighted by atomic mass is 79.9. The topological polar surface area (TPSA) is 97.3 Å². The molecule has 0 spiro atoms. The van der Waals surface area contributed by atoms with Crippen molar-refractivity contribution in [3.63, 3.8) is 0 Å². The summed E-state index contributed by atoms with van der Waals surface area (Å²) in [5.41, 5.74) is 2.08. The molecule has 0 saturated carbocycles. The Bertz CT molecular complexity index is 1620. The standard InChI is InChI=1S/C29H22BrN3O5/c1-17(34)33-29(21-9-6-11-23(16-21)31-27(36)20-8-5-10-22(30)15-20)38-28(32-33)26-24-12-4-3-7-19(24)13-14-25(26)37-18(2)35/h3-16,29H,1-2H3,(H,31,36)/t29-/m0/s1. The molecular formula is C29H22BrN3O5. The van der Waals surface area contributed by atoms with Crippen LogP contribution < -0.4 is 10.1 Å². The summed E-state index contributed by atoms with van der Waals surface area (Å²) in [5, 5.41) is 10.2. The van der Waals surface area contributed by atoms with Crippen molar-refractivity contribution in [3.05, 3.63) is 106 Å². The number of carbonyl (C=O) groups is 3. The minimum Gasteiger partial charge on any atom is -0.446 e. The van der Waals surface area contributed by atoms with Gasteiger partial charge in [-0.05, 0) is 47.2 Å².